The van der Waals surface area contributed by atoms with E-state index in [4.69, 9.17) is 5.14 Å². The third-order valence-corrected chi connectivity index (χ3v) is 4.65. The van der Waals surface area contributed by atoms with Crippen LogP contribution in [0.5, 0.6) is 0 Å². The molecule has 0 spiro atoms. The summed E-state index contributed by atoms with van der Waals surface area (Å²) in [5.74, 6) is 0.0125. The zero-order chi connectivity index (χ0) is 14.4. The Morgan fingerprint density at radius 1 is 1.42 bits per heavy atom. The Labute approximate surface area is 113 Å². The van der Waals surface area contributed by atoms with E-state index in [-0.39, 0.29) is 22.1 Å². The van der Waals surface area contributed by atoms with Crippen molar-refractivity contribution in [3.05, 3.63) is 23.8 Å². The van der Waals surface area contributed by atoms with Crippen LogP contribution in [0, 0.1) is 18.3 Å². The van der Waals surface area contributed by atoms with E-state index in [9.17, 15) is 13.2 Å². The van der Waals surface area contributed by atoms with Crippen LogP contribution in [0.2, 0.25) is 0 Å². The predicted octanol–water partition coefficient (Wildman–Crippen LogP) is 1.63. The summed E-state index contributed by atoms with van der Waals surface area (Å²) >= 11 is 0. The third kappa shape index (κ3) is 2.96. The molecular weight excluding hydrogens is 264 g/mol. The van der Waals surface area contributed by atoms with E-state index in [1.165, 1.54) is 6.07 Å². The molecular formula is C13H18N2O3S. The van der Waals surface area contributed by atoms with Crippen LogP contribution in [-0.4, -0.2) is 14.3 Å². The molecule has 1 atom stereocenters. The van der Waals surface area contributed by atoms with Crippen molar-refractivity contribution in [3.63, 3.8) is 0 Å². The molecule has 1 amide bonds. The summed E-state index contributed by atoms with van der Waals surface area (Å²) in [5, 5.41) is 7.89. The van der Waals surface area contributed by atoms with Crippen molar-refractivity contribution in [1.82, 2.24) is 0 Å². The van der Waals surface area contributed by atoms with Crippen LogP contribution in [0.4, 0.5) is 5.69 Å². The normalized spacial score (nSPS) is 20.9. The lowest BCUT2D eigenvalue weighted by atomic mass is 10.1. The molecule has 3 N–H and O–H groups in total. The van der Waals surface area contributed by atoms with Crippen molar-refractivity contribution in [2.24, 2.45) is 16.5 Å². The molecule has 0 heterocycles. The maximum atomic E-state index is 11.9. The Morgan fingerprint density at radius 3 is 2.42 bits per heavy atom. The Balaban J connectivity index is 2.16. The average Bonchev–Trinajstić information content (AvgIpc) is 2.86. The van der Waals surface area contributed by atoms with Crippen molar-refractivity contribution in [1.29, 1.82) is 0 Å². The number of carbonyl (C=O) groups excluding carboxylic acids is 1. The first kappa shape index (κ1) is 14.0. The number of anilines is 1. The highest BCUT2D eigenvalue weighted by Gasteiger charge is 2.50. The lowest BCUT2D eigenvalue weighted by Gasteiger charge is -2.09. The minimum atomic E-state index is -3.71. The summed E-state index contributed by atoms with van der Waals surface area (Å²) < 4.78 is 22.6. The van der Waals surface area contributed by atoms with Crippen LogP contribution in [-0.2, 0) is 14.8 Å². The highest BCUT2D eigenvalue weighted by atomic mass is 32.2. The summed E-state index contributed by atoms with van der Waals surface area (Å²) in [6.07, 6.45) is 0.882. The molecule has 1 fully saturated rings. The molecule has 0 saturated heterocycles. The molecule has 1 aromatic rings. The molecule has 6 heteroatoms. The fourth-order valence-corrected chi connectivity index (χ4v) is 2.96. The maximum Gasteiger partial charge on any atom is 0.238 e. The second kappa shape index (κ2) is 4.31. The van der Waals surface area contributed by atoms with Gasteiger partial charge in [-0.25, -0.2) is 13.6 Å². The van der Waals surface area contributed by atoms with Crippen molar-refractivity contribution < 1.29 is 13.2 Å². The SMILES string of the molecule is Cc1cc(NC(=O)C2CC2(C)C)ccc1S(N)(=O)=O. The molecule has 19 heavy (non-hydrogen) atoms. The van der Waals surface area contributed by atoms with Crippen LogP contribution in [0.15, 0.2) is 23.1 Å². The second-order valence-electron chi connectivity index (χ2n) is 5.76. The minimum absolute atomic E-state index is 0.0206. The number of amides is 1. The van der Waals surface area contributed by atoms with E-state index in [1.54, 1.807) is 19.1 Å². The zero-order valence-electron chi connectivity index (χ0n) is 11.2. The van der Waals surface area contributed by atoms with Gasteiger partial charge in [-0.2, -0.15) is 0 Å². The fourth-order valence-electron chi connectivity index (χ4n) is 2.19. The number of hydrogen-bond donors (Lipinski definition) is 2. The monoisotopic (exact) mass is 282 g/mol. The number of carbonyl (C=O) groups is 1. The highest BCUT2D eigenvalue weighted by Crippen LogP contribution is 2.51. The van der Waals surface area contributed by atoms with Crippen LogP contribution in [0.3, 0.4) is 0 Å². The number of hydrogen-bond acceptors (Lipinski definition) is 3. The Morgan fingerprint density at radius 2 is 2.00 bits per heavy atom. The van der Waals surface area contributed by atoms with Gasteiger partial charge in [-0.1, -0.05) is 13.8 Å². The van der Waals surface area contributed by atoms with Gasteiger partial charge in [-0.05, 0) is 42.5 Å². The number of benzene rings is 1. The first-order valence-electron chi connectivity index (χ1n) is 6.05. The molecule has 1 unspecified atom stereocenters. The van der Waals surface area contributed by atoms with Gasteiger partial charge in [0, 0.05) is 11.6 Å². The lowest BCUT2D eigenvalue weighted by Crippen LogP contribution is -2.17. The first-order chi connectivity index (χ1) is 8.61. The van der Waals surface area contributed by atoms with E-state index in [1.807, 2.05) is 13.8 Å². The van der Waals surface area contributed by atoms with Crippen molar-refractivity contribution in [3.8, 4) is 0 Å². The first-order valence-corrected chi connectivity index (χ1v) is 7.60. The largest absolute Gasteiger partial charge is 0.326 e. The quantitative estimate of drug-likeness (QED) is 0.883. The number of rotatable bonds is 3. The summed E-state index contributed by atoms with van der Waals surface area (Å²) in [5.41, 5.74) is 1.19. The topological polar surface area (TPSA) is 89.3 Å². The van der Waals surface area contributed by atoms with Gasteiger partial charge >= 0.3 is 0 Å². The predicted molar refractivity (Wildman–Crippen MR) is 73.1 cm³/mol. The van der Waals surface area contributed by atoms with E-state index in [0.29, 0.717) is 11.3 Å². The third-order valence-electron chi connectivity index (χ3n) is 3.58. The van der Waals surface area contributed by atoms with E-state index in [2.05, 4.69) is 5.32 Å². The van der Waals surface area contributed by atoms with Crippen LogP contribution in [0.25, 0.3) is 0 Å². The maximum absolute atomic E-state index is 11.9. The Bertz CT molecular complexity index is 635. The molecule has 0 bridgehead atoms. The van der Waals surface area contributed by atoms with Gasteiger partial charge in [0.1, 0.15) is 0 Å². The fraction of sp³-hybridized carbons (Fsp3) is 0.462. The molecule has 2 rings (SSSR count). The van der Waals surface area contributed by atoms with Gasteiger partial charge in [0.15, 0.2) is 0 Å². The van der Waals surface area contributed by atoms with Crippen molar-refractivity contribution in [2.45, 2.75) is 32.1 Å². The van der Waals surface area contributed by atoms with Gasteiger partial charge in [-0.15, -0.1) is 0 Å². The summed E-state index contributed by atoms with van der Waals surface area (Å²) in [6.45, 7) is 5.75. The number of aryl methyl sites for hydroxylation is 1. The Hall–Kier alpha value is -1.40. The number of nitrogens with one attached hydrogen (secondary N) is 1. The molecule has 1 saturated carbocycles. The standard InChI is InChI=1S/C13H18N2O3S/c1-8-6-9(4-5-11(8)19(14,17)18)15-12(16)10-7-13(10,2)3/h4-6,10H,7H2,1-3H3,(H,15,16)(H2,14,17,18). The molecule has 5 nitrogen and oxygen atoms in total. The molecule has 0 radical (unpaired) electrons. The molecule has 0 aromatic heterocycles. The van der Waals surface area contributed by atoms with Gasteiger partial charge in [0.05, 0.1) is 4.90 Å². The second-order valence-corrected chi connectivity index (χ2v) is 7.29. The van der Waals surface area contributed by atoms with Crippen molar-refractivity contribution >= 4 is 21.6 Å². The van der Waals surface area contributed by atoms with Gasteiger partial charge in [-0.3, -0.25) is 4.79 Å². The van der Waals surface area contributed by atoms with E-state index in [0.717, 1.165) is 6.42 Å². The number of nitrogens with two attached hydrogens (primary N) is 1. The minimum Gasteiger partial charge on any atom is -0.326 e. The summed E-state index contributed by atoms with van der Waals surface area (Å²) in [4.78, 5) is 12.0. The molecule has 1 aliphatic rings. The van der Waals surface area contributed by atoms with Crippen LogP contribution >= 0.6 is 0 Å². The molecule has 1 aromatic carbocycles. The van der Waals surface area contributed by atoms with Crippen molar-refractivity contribution in [2.75, 3.05) is 5.32 Å². The van der Waals surface area contributed by atoms with E-state index < -0.39 is 10.0 Å². The number of primary sulfonamides is 1. The molecule has 1 aliphatic carbocycles. The van der Waals surface area contributed by atoms with Crippen LogP contribution in [0.1, 0.15) is 25.8 Å². The smallest absolute Gasteiger partial charge is 0.238 e. The number of sulfonamides is 1. The lowest BCUT2D eigenvalue weighted by molar-refractivity contribution is -0.118. The molecule has 0 aliphatic heterocycles. The molecule has 104 valence electrons. The van der Waals surface area contributed by atoms with Gasteiger partial charge in [0.2, 0.25) is 15.9 Å². The zero-order valence-corrected chi connectivity index (χ0v) is 12.0. The Kier molecular flexibility index (Phi) is 3.18. The van der Waals surface area contributed by atoms with E-state index >= 15 is 0 Å². The highest BCUT2D eigenvalue weighted by molar-refractivity contribution is 7.89. The summed E-state index contributed by atoms with van der Waals surface area (Å²) in [6, 6.07) is 4.59. The average molecular weight is 282 g/mol. The van der Waals surface area contributed by atoms with Crippen LogP contribution < -0.4 is 10.5 Å². The van der Waals surface area contributed by atoms with Gasteiger partial charge in [0.25, 0.3) is 0 Å². The van der Waals surface area contributed by atoms with Gasteiger partial charge < -0.3 is 5.32 Å². The summed E-state index contributed by atoms with van der Waals surface area (Å²) in [7, 11) is -3.71.